The van der Waals surface area contributed by atoms with Crippen LogP contribution in [0.1, 0.15) is 5.56 Å². The van der Waals surface area contributed by atoms with Crippen molar-refractivity contribution < 1.29 is 30.7 Å². The van der Waals surface area contributed by atoms with Gasteiger partial charge >= 0.3 is 6.18 Å². The van der Waals surface area contributed by atoms with Crippen molar-refractivity contribution in [3.63, 3.8) is 0 Å². The summed E-state index contributed by atoms with van der Waals surface area (Å²) < 4.78 is 79.9. The zero-order valence-corrected chi connectivity index (χ0v) is 10.6. The number of rotatable bonds is 5. The highest BCUT2D eigenvalue weighted by molar-refractivity contribution is 7.92. The Labute approximate surface area is 107 Å². The lowest BCUT2D eigenvalue weighted by atomic mass is 10.2. The number of alkyl halides is 3. The maximum atomic E-state index is 12.8. The normalized spacial score (nSPS) is 12.5. The SMILES string of the molecule is COCCS(=O)(=O)Nc1ccc(F)cc1C(F)(F)F. The van der Waals surface area contributed by atoms with Gasteiger partial charge in [-0.2, -0.15) is 13.2 Å². The van der Waals surface area contributed by atoms with Crippen molar-refractivity contribution in [3.8, 4) is 0 Å². The Morgan fingerprint density at radius 2 is 1.95 bits per heavy atom. The minimum Gasteiger partial charge on any atom is -0.384 e. The fourth-order valence-corrected chi connectivity index (χ4v) is 2.25. The van der Waals surface area contributed by atoms with Crippen molar-refractivity contribution in [3.05, 3.63) is 29.6 Å². The van der Waals surface area contributed by atoms with Crippen molar-refractivity contribution in [2.45, 2.75) is 6.18 Å². The van der Waals surface area contributed by atoms with E-state index < -0.39 is 39.0 Å². The van der Waals surface area contributed by atoms with Gasteiger partial charge < -0.3 is 4.74 Å². The molecule has 1 aromatic carbocycles. The summed E-state index contributed by atoms with van der Waals surface area (Å²) in [6.07, 6.45) is -4.86. The number of hydrogen-bond acceptors (Lipinski definition) is 3. The number of benzene rings is 1. The lowest BCUT2D eigenvalue weighted by molar-refractivity contribution is -0.137. The molecule has 108 valence electrons. The topological polar surface area (TPSA) is 55.4 Å². The molecule has 9 heteroatoms. The standard InChI is InChI=1S/C10H11F4NO3S/c1-18-4-5-19(16,17)15-9-3-2-7(11)6-8(9)10(12,13)14/h2-3,6,15H,4-5H2,1H3. The molecule has 1 rings (SSSR count). The maximum absolute atomic E-state index is 12.8. The van der Waals surface area contributed by atoms with Gasteiger partial charge in [-0.25, -0.2) is 12.8 Å². The summed E-state index contributed by atoms with van der Waals surface area (Å²) in [5.74, 6) is -1.61. The number of ether oxygens (including phenoxy) is 1. The van der Waals surface area contributed by atoms with Gasteiger partial charge in [0.05, 0.1) is 23.6 Å². The number of methoxy groups -OCH3 is 1. The molecular formula is C10H11F4NO3S. The number of sulfonamides is 1. The molecule has 0 heterocycles. The summed E-state index contributed by atoms with van der Waals surface area (Å²) in [6, 6.07) is 1.69. The van der Waals surface area contributed by atoms with Gasteiger partial charge in [0.2, 0.25) is 10.0 Å². The monoisotopic (exact) mass is 301 g/mol. The number of nitrogens with one attached hydrogen (secondary N) is 1. The van der Waals surface area contributed by atoms with Gasteiger partial charge in [-0.1, -0.05) is 0 Å². The first kappa shape index (κ1) is 15.7. The van der Waals surface area contributed by atoms with E-state index in [-0.39, 0.29) is 12.7 Å². The molecule has 0 aliphatic rings. The molecule has 0 amide bonds. The molecule has 0 saturated carbocycles. The lowest BCUT2D eigenvalue weighted by Gasteiger charge is -2.14. The number of anilines is 1. The summed E-state index contributed by atoms with van der Waals surface area (Å²) >= 11 is 0. The largest absolute Gasteiger partial charge is 0.418 e. The van der Waals surface area contributed by atoms with E-state index in [9.17, 15) is 26.0 Å². The predicted octanol–water partition coefficient (Wildman–Crippen LogP) is 2.23. The van der Waals surface area contributed by atoms with Gasteiger partial charge in [-0.15, -0.1) is 0 Å². The molecule has 1 aromatic rings. The van der Waals surface area contributed by atoms with E-state index in [1.54, 1.807) is 4.72 Å². The first-order valence-corrected chi connectivity index (χ1v) is 6.67. The van der Waals surface area contributed by atoms with E-state index in [4.69, 9.17) is 0 Å². The third-order valence-electron chi connectivity index (χ3n) is 2.11. The van der Waals surface area contributed by atoms with Gasteiger partial charge in [0.15, 0.2) is 0 Å². The molecule has 0 aromatic heterocycles. The minimum atomic E-state index is -4.86. The third-order valence-corrected chi connectivity index (χ3v) is 3.34. The third kappa shape index (κ3) is 4.67. The lowest BCUT2D eigenvalue weighted by Crippen LogP contribution is -2.22. The van der Waals surface area contributed by atoms with E-state index in [2.05, 4.69) is 4.74 Å². The molecule has 0 bridgehead atoms. The smallest absolute Gasteiger partial charge is 0.384 e. The van der Waals surface area contributed by atoms with Crippen LogP contribution in [0.2, 0.25) is 0 Å². The van der Waals surface area contributed by atoms with Crippen LogP contribution in [0.25, 0.3) is 0 Å². The molecule has 1 N–H and O–H groups in total. The van der Waals surface area contributed by atoms with Gasteiger partial charge in [-0.3, -0.25) is 4.72 Å². The van der Waals surface area contributed by atoms with Crippen LogP contribution in [0.15, 0.2) is 18.2 Å². The van der Waals surface area contributed by atoms with Crippen molar-refractivity contribution >= 4 is 15.7 Å². The molecule has 0 aliphatic heterocycles. The van der Waals surface area contributed by atoms with Crippen LogP contribution < -0.4 is 4.72 Å². The molecule has 0 radical (unpaired) electrons. The maximum Gasteiger partial charge on any atom is 0.418 e. The molecule has 0 fully saturated rings. The van der Waals surface area contributed by atoms with Crippen molar-refractivity contribution in [2.75, 3.05) is 24.2 Å². The van der Waals surface area contributed by atoms with Gasteiger partial charge in [0, 0.05) is 7.11 Å². The van der Waals surface area contributed by atoms with E-state index in [1.165, 1.54) is 7.11 Å². The fourth-order valence-electron chi connectivity index (χ4n) is 1.25. The Balaban J connectivity index is 3.08. The summed E-state index contributed by atoms with van der Waals surface area (Å²) in [5, 5.41) is 0. The Hall–Kier alpha value is -1.35. The zero-order valence-electron chi connectivity index (χ0n) is 9.79. The molecule has 4 nitrogen and oxygen atoms in total. The second-order valence-electron chi connectivity index (χ2n) is 3.60. The van der Waals surface area contributed by atoms with Crippen LogP contribution in [0.5, 0.6) is 0 Å². The molecule has 19 heavy (non-hydrogen) atoms. The Morgan fingerprint density at radius 1 is 1.32 bits per heavy atom. The van der Waals surface area contributed by atoms with E-state index in [1.807, 2.05) is 0 Å². The highest BCUT2D eigenvalue weighted by Gasteiger charge is 2.34. The summed E-state index contributed by atoms with van der Waals surface area (Å²) in [4.78, 5) is 0. The van der Waals surface area contributed by atoms with Crippen molar-refractivity contribution in [1.29, 1.82) is 0 Å². The molecule has 0 spiro atoms. The summed E-state index contributed by atoms with van der Waals surface area (Å²) in [5.41, 5.74) is -2.10. The minimum absolute atomic E-state index is 0.169. The second kappa shape index (κ2) is 5.74. The van der Waals surface area contributed by atoms with Crippen LogP contribution >= 0.6 is 0 Å². The van der Waals surface area contributed by atoms with Gasteiger partial charge in [0.1, 0.15) is 5.82 Å². The highest BCUT2D eigenvalue weighted by Crippen LogP contribution is 2.35. The Kier molecular flexibility index (Phi) is 4.75. The average Bonchev–Trinajstić information content (AvgIpc) is 2.27. The number of halogens is 4. The molecule has 0 unspecified atom stereocenters. The van der Waals surface area contributed by atoms with Gasteiger partial charge in [0.25, 0.3) is 0 Å². The summed E-state index contributed by atoms with van der Waals surface area (Å²) in [6.45, 7) is -0.169. The first-order chi connectivity index (χ1) is 8.65. The quantitative estimate of drug-likeness (QED) is 0.849. The van der Waals surface area contributed by atoms with Crippen molar-refractivity contribution in [1.82, 2.24) is 0 Å². The summed E-state index contributed by atoms with van der Waals surface area (Å²) in [7, 11) is -2.73. The van der Waals surface area contributed by atoms with Gasteiger partial charge in [-0.05, 0) is 18.2 Å². The van der Waals surface area contributed by atoms with E-state index in [0.717, 1.165) is 12.1 Å². The molecular weight excluding hydrogens is 290 g/mol. The predicted molar refractivity (Wildman–Crippen MR) is 60.7 cm³/mol. The Morgan fingerprint density at radius 3 is 2.47 bits per heavy atom. The zero-order chi connectivity index (χ0) is 14.7. The van der Waals surface area contributed by atoms with E-state index in [0.29, 0.717) is 0 Å². The molecule has 0 saturated heterocycles. The first-order valence-electron chi connectivity index (χ1n) is 5.02. The molecule has 0 atom stereocenters. The highest BCUT2D eigenvalue weighted by atomic mass is 32.2. The van der Waals surface area contributed by atoms with Crippen LogP contribution in [-0.4, -0.2) is 27.9 Å². The van der Waals surface area contributed by atoms with Crippen molar-refractivity contribution in [2.24, 2.45) is 0 Å². The van der Waals surface area contributed by atoms with Crippen LogP contribution in [0.4, 0.5) is 23.2 Å². The Bertz CT molecular complexity index is 542. The van der Waals surface area contributed by atoms with Crippen LogP contribution in [-0.2, 0) is 20.9 Å². The second-order valence-corrected chi connectivity index (χ2v) is 5.44. The number of hydrogen-bond donors (Lipinski definition) is 1. The van der Waals surface area contributed by atoms with E-state index >= 15 is 0 Å². The average molecular weight is 301 g/mol. The fraction of sp³-hybridized carbons (Fsp3) is 0.400. The van der Waals surface area contributed by atoms with Crippen LogP contribution in [0.3, 0.4) is 0 Å². The van der Waals surface area contributed by atoms with Crippen LogP contribution in [0, 0.1) is 5.82 Å². The molecule has 0 aliphatic carbocycles.